The SMILES string of the molecule is CC1(C)c2cc(-c3ccc(-c4ccc(N(c5ccccc5)c5ccc(-c6ccccc6)cc5)cc4)cc3)ccc2N2c3ccccc3Oc3cccc1c32. The highest BCUT2D eigenvalue weighted by Gasteiger charge is 2.41. The molecule has 8 aromatic rings. The molecule has 0 N–H and O–H groups in total. The molecule has 0 aromatic heterocycles. The summed E-state index contributed by atoms with van der Waals surface area (Å²) in [5.74, 6) is 1.79. The molecule has 0 radical (unpaired) electrons. The molecule has 2 aliphatic rings. The molecule has 2 aliphatic heterocycles. The fourth-order valence-corrected chi connectivity index (χ4v) is 8.23. The standard InChI is InChI=1S/C51H38N2O/c1-51(2)44-16-11-19-49-50(44)53(47-17-9-10-18-48(47)54-49)46-33-28-40(34-45(46)51)39-22-20-36(21-23-39)38-26-31-43(32-27-38)52(41-14-7-4-8-15-41)42-29-24-37(25-30-42)35-12-5-3-6-13-35/h3-34H,1-2H3. The van der Waals surface area contributed by atoms with Crippen LogP contribution in [0.15, 0.2) is 194 Å². The number of hydrogen-bond donors (Lipinski definition) is 0. The number of benzene rings is 8. The van der Waals surface area contributed by atoms with Crippen LogP contribution < -0.4 is 14.5 Å². The first-order valence-electron chi connectivity index (χ1n) is 18.6. The Bertz CT molecular complexity index is 2630. The molecule has 54 heavy (non-hydrogen) atoms. The predicted octanol–water partition coefficient (Wildman–Crippen LogP) is 14.4. The average Bonchev–Trinajstić information content (AvgIpc) is 3.23. The van der Waals surface area contributed by atoms with Gasteiger partial charge in [-0.25, -0.2) is 0 Å². The van der Waals surface area contributed by atoms with Gasteiger partial charge in [0.05, 0.1) is 17.1 Å². The van der Waals surface area contributed by atoms with Crippen LogP contribution in [0.4, 0.5) is 34.1 Å². The van der Waals surface area contributed by atoms with E-state index in [1.165, 1.54) is 50.2 Å². The highest BCUT2D eigenvalue weighted by Crippen LogP contribution is 2.60. The van der Waals surface area contributed by atoms with Gasteiger partial charge < -0.3 is 14.5 Å². The number of rotatable bonds is 6. The molecule has 0 spiro atoms. The highest BCUT2D eigenvalue weighted by molar-refractivity contribution is 5.94. The van der Waals surface area contributed by atoms with E-state index in [4.69, 9.17) is 4.74 Å². The molecule has 0 saturated carbocycles. The van der Waals surface area contributed by atoms with E-state index in [-0.39, 0.29) is 5.41 Å². The monoisotopic (exact) mass is 694 g/mol. The van der Waals surface area contributed by atoms with Crippen molar-refractivity contribution in [1.29, 1.82) is 0 Å². The van der Waals surface area contributed by atoms with E-state index in [9.17, 15) is 0 Å². The topological polar surface area (TPSA) is 15.7 Å². The van der Waals surface area contributed by atoms with E-state index < -0.39 is 0 Å². The summed E-state index contributed by atoms with van der Waals surface area (Å²) in [6, 6.07) is 69.5. The van der Waals surface area contributed by atoms with Crippen molar-refractivity contribution in [2.45, 2.75) is 19.3 Å². The number of nitrogens with zero attached hydrogens (tertiary/aromatic N) is 2. The van der Waals surface area contributed by atoms with E-state index in [0.29, 0.717) is 0 Å². The van der Waals surface area contributed by atoms with Crippen LogP contribution in [-0.2, 0) is 5.41 Å². The van der Waals surface area contributed by atoms with Gasteiger partial charge in [-0.15, -0.1) is 0 Å². The molecule has 0 fully saturated rings. The molecule has 0 amide bonds. The minimum Gasteiger partial charge on any atom is -0.453 e. The average molecular weight is 695 g/mol. The third kappa shape index (κ3) is 5.28. The van der Waals surface area contributed by atoms with Crippen molar-refractivity contribution in [2.75, 3.05) is 9.80 Å². The number of anilines is 6. The van der Waals surface area contributed by atoms with Crippen molar-refractivity contribution in [3.05, 3.63) is 205 Å². The lowest BCUT2D eigenvalue weighted by Crippen LogP contribution is -2.32. The molecule has 10 rings (SSSR count). The molecule has 8 aromatic carbocycles. The Hall–Kier alpha value is -6.84. The summed E-state index contributed by atoms with van der Waals surface area (Å²) in [4.78, 5) is 4.70. The van der Waals surface area contributed by atoms with E-state index in [2.05, 4.69) is 212 Å². The lowest BCUT2D eigenvalue weighted by Gasteiger charge is -2.45. The van der Waals surface area contributed by atoms with Gasteiger partial charge >= 0.3 is 0 Å². The smallest absolute Gasteiger partial charge is 0.151 e. The fourth-order valence-electron chi connectivity index (χ4n) is 8.23. The van der Waals surface area contributed by atoms with Crippen LogP contribution in [0.1, 0.15) is 25.0 Å². The fraction of sp³-hybridized carbons (Fsp3) is 0.0588. The maximum atomic E-state index is 6.41. The van der Waals surface area contributed by atoms with Crippen LogP contribution in [0.25, 0.3) is 33.4 Å². The van der Waals surface area contributed by atoms with Crippen LogP contribution in [0, 0.1) is 0 Å². The normalized spacial score (nSPS) is 13.3. The molecule has 0 saturated heterocycles. The highest BCUT2D eigenvalue weighted by atomic mass is 16.5. The van der Waals surface area contributed by atoms with E-state index >= 15 is 0 Å². The van der Waals surface area contributed by atoms with E-state index in [1.54, 1.807) is 0 Å². The summed E-state index contributed by atoms with van der Waals surface area (Å²) in [5, 5.41) is 0. The van der Waals surface area contributed by atoms with Crippen molar-refractivity contribution in [1.82, 2.24) is 0 Å². The van der Waals surface area contributed by atoms with E-state index in [0.717, 1.165) is 39.9 Å². The van der Waals surface area contributed by atoms with Gasteiger partial charge in [-0.3, -0.25) is 0 Å². The van der Waals surface area contributed by atoms with Crippen LogP contribution in [0.3, 0.4) is 0 Å². The third-order valence-corrected chi connectivity index (χ3v) is 11.1. The molecule has 0 aliphatic carbocycles. The van der Waals surface area contributed by atoms with Crippen molar-refractivity contribution < 1.29 is 4.74 Å². The van der Waals surface area contributed by atoms with E-state index in [1.807, 2.05) is 6.07 Å². The first kappa shape index (κ1) is 31.9. The maximum Gasteiger partial charge on any atom is 0.151 e. The van der Waals surface area contributed by atoms with Gasteiger partial charge in [-0.05, 0) is 111 Å². The number of hydrogen-bond acceptors (Lipinski definition) is 3. The molecule has 258 valence electrons. The largest absolute Gasteiger partial charge is 0.453 e. The van der Waals surface area contributed by atoms with Crippen molar-refractivity contribution >= 4 is 34.1 Å². The van der Waals surface area contributed by atoms with Crippen molar-refractivity contribution in [3.63, 3.8) is 0 Å². The van der Waals surface area contributed by atoms with Gasteiger partial charge in [0.15, 0.2) is 11.5 Å². The Morgan fingerprint density at radius 2 is 0.870 bits per heavy atom. The Balaban J connectivity index is 0.952. The van der Waals surface area contributed by atoms with Gasteiger partial charge in [0, 0.05) is 22.5 Å². The second-order valence-corrected chi connectivity index (χ2v) is 14.6. The molecular weight excluding hydrogens is 657 g/mol. The Labute approximate surface area is 317 Å². The van der Waals surface area contributed by atoms with Gasteiger partial charge in [0.1, 0.15) is 0 Å². The minimum atomic E-state index is -0.206. The molecule has 3 nitrogen and oxygen atoms in total. The number of ether oxygens (including phenoxy) is 1. The first-order chi connectivity index (χ1) is 26.5. The molecule has 0 unspecified atom stereocenters. The molecular formula is C51H38N2O. The zero-order chi connectivity index (χ0) is 36.2. The molecule has 0 atom stereocenters. The second-order valence-electron chi connectivity index (χ2n) is 14.6. The summed E-state index contributed by atoms with van der Waals surface area (Å²) in [6.45, 7) is 4.66. The van der Waals surface area contributed by atoms with Crippen molar-refractivity contribution in [2.24, 2.45) is 0 Å². The Morgan fingerprint density at radius 3 is 1.52 bits per heavy atom. The quantitative estimate of drug-likeness (QED) is 0.172. The van der Waals surface area contributed by atoms with Crippen molar-refractivity contribution in [3.8, 4) is 44.9 Å². The number of fused-ring (bicyclic) bond motifs is 4. The predicted molar refractivity (Wildman–Crippen MR) is 224 cm³/mol. The minimum absolute atomic E-state index is 0.206. The lowest BCUT2D eigenvalue weighted by molar-refractivity contribution is 0.471. The van der Waals surface area contributed by atoms with Crippen LogP contribution in [0.2, 0.25) is 0 Å². The third-order valence-electron chi connectivity index (χ3n) is 11.1. The molecule has 3 heteroatoms. The first-order valence-corrected chi connectivity index (χ1v) is 18.6. The summed E-state index contributed by atoms with van der Waals surface area (Å²) < 4.78 is 6.41. The second kappa shape index (κ2) is 12.7. The van der Waals surface area contributed by atoms with Gasteiger partial charge in [0.25, 0.3) is 0 Å². The van der Waals surface area contributed by atoms with Gasteiger partial charge in [0.2, 0.25) is 0 Å². The number of para-hydroxylation sites is 4. The lowest BCUT2D eigenvalue weighted by atomic mass is 9.72. The van der Waals surface area contributed by atoms with Crippen LogP contribution in [0.5, 0.6) is 11.5 Å². The zero-order valence-electron chi connectivity index (χ0n) is 30.3. The van der Waals surface area contributed by atoms with Crippen LogP contribution >= 0.6 is 0 Å². The summed E-state index contributed by atoms with van der Waals surface area (Å²) in [7, 11) is 0. The molecule has 0 bridgehead atoms. The Kier molecular flexibility index (Phi) is 7.48. The van der Waals surface area contributed by atoms with Crippen LogP contribution in [-0.4, -0.2) is 0 Å². The summed E-state index contributed by atoms with van der Waals surface area (Å²) in [5.41, 5.74) is 16.3. The zero-order valence-corrected chi connectivity index (χ0v) is 30.3. The molecule has 2 heterocycles. The maximum absolute atomic E-state index is 6.41. The Morgan fingerprint density at radius 1 is 0.389 bits per heavy atom. The van der Waals surface area contributed by atoms with Gasteiger partial charge in [-0.1, -0.05) is 141 Å². The summed E-state index contributed by atoms with van der Waals surface area (Å²) in [6.07, 6.45) is 0. The van der Waals surface area contributed by atoms with Gasteiger partial charge in [-0.2, -0.15) is 0 Å². The summed E-state index contributed by atoms with van der Waals surface area (Å²) >= 11 is 0.